The third-order valence-electron chi connectivity index (χ3n) is 2.63. The van der Waals surface area contributed by atoms with Crippen molar-refractivity contribution >= 4 is 15.9 Å². The van der Waals surface area contributed by atoms with Gasteiger partial charge in [0, 0.05) is 31.1 Å². The highest BCUT2D eigenvalue weighted by atomic mass is 79.9. The van der Waals surface area contributed by atoms with Crippen molar-refractivity contribution in [2.75, 3.05) is 38.7 Å². The molecule has 0 aliphatic carbocycles. The van der Waals surface area contributed by atoms with E-state index in [9.17, 15) is 8.78 Å². The van der Waals surface area contributed by atoms with Crippen LogP contribution in [0.25, 0.3) is 0 Å². The second kappa shape index (κ2) is 7.81. The largest absolute Gasteiger partial charge is 0.383 e. The lowest BCUT2D eigenvalue weighted by Crippen LogP contribution is -2.38. The van der Waals surface area contributed by atoms with E-state index in [0.717, 1.165) is 0 Å². The first kappa shape index (κ1) is 15.5. The van der Waals surface area contributed by atoms with Crippen molar-refractivity contribution in [3.05, 3.63) is 35.9 Å². The van der Waals surface area contributed by atoms with Crippen LogP contribution in [-0.4, -0.2) is 43.6 Å². The van der Waals surface area contributed by atoms with E-state index >= 15 is 0 Å². The fraction of sp³-hybridized carbons (Fsp3) is 0.538. The first-order chi connectivity index (χ1) is 8.60. The zero-order valence-corrected chi connectivity index (χ0v) is 12.0. The third-order valence-corrected chi connectivity index (χ3v) is 2.99. The predicted octanol–water partition coefficient (Wildman–Crippen LogP) is 3.12. The molecule has 0 spiro atoms. The van der Waals surface area contributed by atoms with Crippen LogP contribution in [0.4, 0.5) is 8.78 Å². The lowest BCUT2D eigenvalue weighted by atomic mass is 10.1. The normalized spacial score (nSPS) is 12.1. The molecule has 0 N–H and O–H groups in total. The zero-order chi connectivity index (χ0) is 13.4. The molecule has 5 heteroatoms. The van der Waals surface area contributed by atoms with Crippen LogP contribution in [0.1, 0.15) is 5.56 Å². The molecule has 1 rings (SSSR count). The lowest BCUT2D eigenvalue weighted by Gasteiger charge is -2.26. The van der Waals surface area contributed by atoms with Crippen molar-refractivity contribution in [1.82, 2.24) is 4.90 Å². The molecule has 1 aromatic rings. The average Bonchev–Trinajstić information content (AvgIpc) is 2.37. The summed E-state index contributed by atoms with van der Waals surface area (Å²) in [7, 11) is 1.57. The molecule has 2 nitrogen and oxygen atoms in total. The summed E-state index contributed by atoms with van der Waals surface area (Å²) in [5.74, 6) is -2.84. The van der Waals surface area contributed by atoms with Gasteiger partial charge in [-0.3, -0.25) is 4.90 Å². The predicted molar refractivity (Wildman–Crippen MR) is 72.4 cm³/mol. The van der Waals surface area contributed by atoms with Gasteiger partial charge in [0.15, 0.2) is 0 Å². The summed E-state index contributed by atoms with van der Waals surface area (Å²) in [4.78, 5) is 1.70. The van der Waals surface area contributed by atoms with Gasteiger partial charge in [-0.15, -0.1) is 0 Å². The second-order valence-corrected chi connectivity index (χ2v) is 4.82. The second-order valence-electron chi connectivity index (χ2n) is 4.03. The summed E-state index contributed by atoms with van der Waals surface area (Å²) in [6, 6.07) is 7.92. The van der Waals surface area contributed by atoms with Gasteiger partial charge in [-0.1, -0.05) is 46.3 Å². The van der Waals surface area contributed by atoms with Crippen LogP contribution in [0.2, 0.25) is 0 Å². The van der Waals surface area contributed by atoms with Gasteiger partial charge >= 0.3 is 0 Å². The maximum atomic E-state index is 14.1. The molecule has 0 heterocycles. The van der Waals surface area contributed by atoms with Crippen LogP contribution in [0.5, 0.6) is 0 Å². The fourth-order valence-corrected chi connectivity index (χ4v) is 2.17. The molecule has 0 bridgehead atoms. The molecule has 0 aliphatic heterocycles. The minimum atomic E-state index is -2.84. The van der Waals surface area contributed by atoms with E-state index in [1.54, 1.807) is 30.2 Å². The van der Waals surface area contributed by atoms with Crippen molar-refractivity contribution in [1.29, 1.82) is 0 Å². The number of methoxy groups -OCH3 is 1. The van der Waals surface area contributed by atoms with E-state index in [-0.39, 0.29) is 12.1 Å². The molecule has 1 aromatic carbocycles. The Kier molecular flexibility index (Phi) is 6.75. The van der Waals surface area contributed by atoms with Gasteiger partial charge in [-0.25, -0.2) is 0 Å². The number of alkyl halides is 3. The van der Waals surface area contributed by atoms with Crippen molar-refractivity contribution in [3.63, 3.8) is 0 Å². The van der Waals surface area contributed by atoms with Crippen molar-refractivity contribution < 1.29 is 13.5 Å². The number of hydrogen-bond acceptors (Lipinski definition) is 2. The van der Waals surface area contributed by atoms with E-state index in [0.29, 0.717) is 25.0 Å². The summed E-state index contributed by atoms with van der Waals surface area (Å²) in [6.45, 7) is 1.25. The molecule has 0 atom stereocenters. The Bertz CT molecular complexity index is 335. The zero-order valence-electron chi connectivity index (χ0n) is 10.4. The van der Waals surface area contributed by atoms with Gasteiger partial charge in [0.2, 0.25) is 0 Å². The van der Waals surface area contributed by atoms with Gasteiger partial charge in [-0.05, 0) is 0 Å². The number of halogens is 3. The Morgan fingerprint density at radius 3 is 2.44 bits per heavy atom. The Balaban J connectivity index is 2.66. The molecule has 0 radical (unpaired) electrons. The number of benzene rings is 1. The van der Waals surface area contributed by atoms with Crippen LogP contribution in [0, 0.1) is 0 Å². The molecule has 0 saturated carbocycles. The lowest BCUT2D eigenvalue weighted by molar-refractivity contribution is -0.0401. The number of hydrogen-bond donors (Lipinski definition) is 0. The Morgan fingerprint density at radius 1 is 1.22 bits per heavy atom. The maximum Gasteiger partial charge on any atom is 0.285 e. The van der Waals surface area contributed by atoms with Crippen LogP contribution in [0.3, 0.4) is 0 Å². The molecular formula is C13H18BrF2NO. The van der Waals surface area contributed by atoms with Crippen LogP contribution >= 0.6 is 15.9 Å². The quantitative estimate of drug-likeness (QED) is 0.682. The highest BCUT2D eigenvalue weighted by Gasteiger charge is 2.33. The van der Waals surface area contributed by atoms with Crippen molar-refractivity contribution in [2.24, 2.45) is 0 Å². The maximum absolute atomic E-state index is 14.1. The monoisotopic (exact) mass is 321 g/mol. The van der Waals surface area contributed by atoms with Gasteiger partial charge in [0.25, 0.3) is 5.92 Å². The standard InChI is InChI=1S/C13H18BrF2NO/c1-18-10-9-17(8-7-14)11-13(15,16)12-5-3-2-4-6-12/h2-6H,7-11H2,1H3. The summed E-state index contributed by atoms with van der Waals surface area (Å²) < 4.78 is 33.1. The molecule has 0 fully saturated rings. The van der Waals surface area contributed by atoms with Crippen LogP contribution < -0.4 is 0 Å². The molecule has 0 amide bonds. The SMILES string of the molecule is COCCN(CCBr)CC(F)(F)c1ccccc1. The highest BCUT2D eigenvalue weighted by Crippen LogP contribution is 2.28. The topological polar surface area (TPSA) is 12.5 Å². The number of nitrogens with zero attached hydrogens (tertiary/aromatic N) is 1. The van der Waals surface area contributed by atoms with Crippen LogP contribution in [0.15, 0.2) is 30.3 Å². The molecular weight excluding hydrogens is 304 g/mol. The van der Waals surface area contributed by atoms with E-state index in [1.165, 1.54) is 12.1 Å². The van der Waals surface area contributed by atoms with Crippen LogP contribution in [-0.2, 0) is 10.7 Å². The summed E-state index contributed by atoms with van der Waals surface area (Å²) in [5.41, 5.74) is 0.0574. The molecule has 0 aliphatic rings. The Labute approximate surface area is 115 Å². The van der Waals surface area contributed by atoms with E-state index in [1.807, 2.05) is 0 Å². The third kappa shape index (κ3) is 5.00. The van der Waals surface area contributed by atoms with E-state index in [4.69, 9.17) is 4.74 Å². The summed E-state index contributed by atoms with van der Waals surface area (Å²) in [5, 5.41) is 0.668. The van der Waals surface area contributed by atoms with Crippen molar-refractivity contribution in [2.45, 2.75) is 5.92 Å². The first-order valence-electron chi connectivity index (χ1n) is 5.81. The minimum absolute atomic E-state index is 0.0574. The summed E-state index contributed by atoms with van der Waals surface area (Å²) >= 11 is 3.28. The average molecular weight is 322 g/mol. The molecule has 0 saturated heterocycles. The fourth-order valence-electron chi connectivity index (χ4n) is 1.66. The number of ether oxygens (including phenoxy) is 1. The smallest absolute Gasteiger partial charge is 0.285 e. The van der Waals surface area contributed by atoms with E-state index < -0.39 is 5.92 Å². The molecule has 102 valence electrons. The van der Waals surface area contributed by atoms with Gasteiger partial charge in [-0.2, -0.15) is 8.78 Å². The van der Waals surface area contributed by atoms with Gasteiger partial charge in [0.1, 0.15) is 0 Å². The number of rotatable bonds is 8. The molecule has 0 aromatic heterocycles. The highest BCUT2D eigenvalue weighted by molar-refractivity contribution is 9.09. The minimum Gasteiger partial charge on any atom is -0.383 e. The molecule has 0 unspecified atom stereocenters. The van der Waals surface area contributed by atoms with Crippen molar-refractivity contribution in [3.8, 4) is 0 Å². The first-order valence-corrected chi connectivity index (χ1v) is 6.93. The summed E-state index contributed by atoms with van der Waals surface area (Å²) in [6.07, 6.45) is 0. The Morgan fingerprint density at radius 2 is 1.89 bits per heavy atom. The molecule has 18 heavy (non-hydrogen) atoms. The van der Waals surface area contributed by atoms with E-state index in [2.05, 4.69) is 15.9 Å². The Hall–Kier alpha value is -0.520. The van der Waals surface area contributed by atoms with Gasteiger partial charge < -0.3 is 4.74 Å². The van der Waals surface area contributed by atoms with Gasteiger partial charge in [0.05, 0.1) is 13.2 Å².